The van der Waals surface area contributed by atoms with E-state index in [9.17, 15) is 14.0 Å². The minimum atomic E-state index is -0.959. The van der Waals surface area contributed by atoms with Crippen LogP contribution in [0.2, 0.25) is 0 Å². The molecule has 2 aromatic carbocycles. The van der Waals surface area contributed by atoms with Crippen molar-refractivity contribution in [2.75, 3.05) is 14.2 Å². The highest BCUT2D eigenvalue weighted by Crippen LogP contribution is 2.26. The minimum absolute atomic E-state index is 0.148. The molecule has 0 fully saturated rings. The Hall–Kier alpha value is -3.35. The minimum Gasteiger partial charge on any atom is -0.466 e. The lowest BCUT2D eigenvalue weighted by Crippen LogP contribution is -2.34. The number of halogens is 1. The molecule has 0 spiro atoms. The van der Waals surface area contributed by atoms with Crippen LogP contribution in [0.3, 0.4) is 0 Å². The van der Waals surface area contributed by atoms with Crippen LogP contribution in [0.25, 0.3) is 0 Å². The third-order valence-electron chi connectivity index (χ3n) is 4.13. The predicted octanol–water partition coefficient (Wildman–Crippen LogP) is 3.46. The molecule has 0 aromatic heterocycles. The highest BCUT2D eigenvalue weighted by atomic mass is 19.1. The summed E-state index contributed by atoms with van der Waals surface area (Å²) in [6.45, 7) is 2.15. The summed E-state index contributed by atoms with van der Waals surface area (Å²) in [6, 6.07) is 14.3. The molecule has 0 aliphatic carbocycles. The van der Waals surface area contributed by atoms with E-state index in [4.69, 9.17) is 4.74 Å². The van der Waals surface area contributed by atoms with Gasteiger partial charge in [0.15, 0.2) is 0 Å². The molecule has 148 valence electrons. The molecule has 0 saturated carbocycles. The van der Waals surface area contributed by atoms with Crippen LogP contribution in [-0.2, 0) is 20.8 Å². The zero-order chi connectivity index (χ0) is 20.5. The number of methoxy groups -OCH3 is 2. The fourth-order valence-electron chi connectivity index (χ4n) is 2.71. The van der Waals surface area contributed by atoms with E-state index in [1.54, 1.807) is 13.0 Å². The Balaban J connectivity index is 2.43. The van der Waals surface area contributed by atoms with Crippen LogP contribution in [0.4, 0.5) is 9.18 Å². The Morgan fingerprint density at radius 3 is 2.36 bits per heavy atom. The lowest BCUT2D eigenvalue weighted by molar-refractivity contribution is -0.136. The standard InChI is InChI=1S/C21H23FN2O4/c1-14(23-13-15-8-5-4-6-9-15)18(20(25)27-2)19(24-21(26)28-3)16-10-7-11-17(22)12-16/h4-12,19,23H,13H2,1-3H3,(H,24,26)/t19-/m0/s1. The van der Waals surface area contributed by atoms with Crippen LogP contribution in [0.15, 0.2) is 65.9 Å². The highest BCUT2D eigenvalue weighted by Gasteiger charge is 2.28. The van der Waals surface area contributed by atoms with Gasteiger partial charge < -0.3 is 20.1 Å². The topological polar surface area (TPSA) is 76.7 Å². The zero-order valence-corrected chi connectivity index (χ0v) is 16.0. The summed E-state index contributed by atoms with van der Waals surface area (Å²) in [5, 5.41) is 5.74. The average molecular weight is 386 g/mol. The first-order valence-corrected chi connectivity index (χ1v) is 8.63. The molecule has 6 nitrogen and oxygen atoms in total. The van der Waals surface area contributed by atoms with Gasteiger partial charge in [-0.3, -0.25) is 0 Å². The van der Waals surface area contributed by atoms with Crippen LogP contribution >= 0.6 is 0 Å². The van der Waals surface area contributed by atoms with E-state index in [0.29, 0.717) is 17.8 Å². The predicted molar refractivity (Wildman–Crippen MR) is 103 cm³/mol. The number of carbonyl (C=O) groups is 2. The summed E-state index contributed by atoms with van der Waals surface area (Å²) in [6.07, 6.45) is -0.758. The second-order valence-electron chi connectivity index (χ2n) is 5.99. The van der Waals surface area contributed by atoms with Crippen molar-refractivity contribution in [2.45, 2.75) is 19.5 Å². The van der Waals surface area contributed by atoms with Crippen LogP contribution in [0.1, 0.15) is 24.1 Å². The Labute approximate surface area is 163 Å². The van der Waals surface area contributed by atoms with Crippen molar-refractivity contribution in [3.63, 3.8) is 0 Å². The van der Waals surface area contributed by atoms with Gasteiger partial charge in [-0.25, -0.2) is 14.0 Å². The third-order valence-corrected chi connectivity index (χ3v) is 4.13. The molecule has 0 heterocycles. The molecule has 0 aliphatic heterocycles. The zero-order valence-electron chi connectivity index (χ0n) is 16.0. The van der Waals surface area contributed by atoms with Crippen molar-refractivity contribution in [2.24, 2.45) is 0 Å². The monoisotopic (exact) mass is 386 g/mol. The largest absolute Gasteiger partial charge is 0.466 e. The normalized spacial score (nSPS) is 12.4. The van der Waals surface area contributed by atoms with E-state index in [1.165, 1.54) is 32.4 Å². The van der Waals surface area contributed by atoms with E-state index in [2.05, 4.69) is 15.4 Å². The van der Waals surface area contributed by atoms with Crippen LogP contribution in [0, 0.1) is 5.82 Å². The molecule has 2 rings (SSSR count). The van der Waals surface area contributed by atoms with Crippen LogP contribution in [0.5, 0.6) is 0 Å². The molecule has 2 aromatic rings. The first-order valence-electron chi connectivity index (χ1n) is 8.63. The number of rotatable bonds is 7. The Morgan fingerprint density at radius 1 is 1.04 bits per heavy atom. The van der Waals surface area contributed by atoms with Crippen LogP contribution < -0.4 is 10.6 Å². The summed E-state index contributed by atoms with van der Waals surface area (Å²) in [5.74, 6) is -1.14. The number of benzene rings is 2. The maximum absolute atomic E-state index is 13.8. The SMILES string of the molecule is COC(=O)N[C@H](C(C(=O)OC)=C(C)NCc1ccccc1)c1cccc(F)c1. The lowest BCUT2D eigenvalue weighted by atomic mass is 9.96. The molecule has 1 atom stereocenters. The second-order valence-corrected chi connectivity index (χ2v) is 5.99. The molecule has 1 amide bonds. The number of hydrogen-bond acceptors (Lipinski definition) is 5. The Bertz CT molecular complexity index is 852. The summed E-state index contributed by atoms with van der Waals surface area (Å²) >= 11 is 0. The third kappa shape index (κ3) is 5.57. The number of nitrogens with one attached hydrogen (secondary N) is 2. The van der Waals surface area contributed by atoms with Crippen molar-refractivity contribution in [3.8, 4) is 0 Å². The molecule has 0 aliphatic rings. The molecular formula is C21H23FN2O4. The highest BCUT2D eigenvalue weighted by molar-refractivity contribution is 5.91. The fraction of sp³-hybridized carbons (Fsp3) is 0.238. The van der Waals surface area contributed by atoms with Gasteiger partial charge in [-0.2, -0.15) is 0 Å². The Morgan fingerprint density at radius 2 is 1.75 bits per heavy atom. The molecule has 7 heteroatoms. The van der Waals surface area contributed by atoms with Crippen molar-refractivity contribution in [1.29, 1.82) is 0 Å². The molecule has 0 saturated heterocycles. The first kappa shape index (κ1) is 21.0. The quantitative estimate of drug-likeness (QED) is 0.563. The van der Waals surface area contributed by atoms with Gasteiger partial charge in [-0.1, -0.05) is 42.5 Å². The molecule has 0 bridgehead atoms. The summed E-state index contributed by atoms with van der Waals surface area (Å²) in [4.78, 5) is 24.4. The molecule has 0 radical (unpaired) electrons. The second kappa shape index (κ2) is 10.1. The number of allylic oxidation sites excluding steroid dienone is 1. The maximum atomic E-state index is 13.8. The number of carbonyl (C=O) groups excluding carboxylic acids is 2. The van der Waals surface area contributed by atoms with Gasteiger partial charge in [-0.15, -0.1) is 0 Å². The Kier molecular flexibility index (Phi) is 7.56. The maximum Gasteiger partial charge on any atom is 0.407 e. The molecular weight excluding hydrogens is 363 g/mol. The van der Waals surface area contributed by atoms with Crippen molar-refractivity contribution in [1.82, 2.24) is 10.6 Å². The van der Waals surface area contributed by atoms with Gasteiger partial charge in [0, 0.05) is 12.2 Å². The van der Waals surface area contributed by atoms with Crippen molar-refractivity contribution >= 4 is 12.1 Å². The van der Waals surface area contributed by atoms with E-state index in [-0.39, 0.29) is 5.57 Å². The van der Waals surface area contributed by atoms with Gasteiger partial charge in [0.2, 0.25) is 0 Å². The summed E-state index contributed by atoms with van der Waals surface area (Å²) in [7, 11) is 2.45. The van der Waals surface area contributed by atoms with Gasteiger partial charge in [-0.05, 0) is 30.2 Å². The summed E-state index contributed by atoms with van der Waals surface area (Å²) < 4.78 is 23.3. The van der Waals surface area contributed by atoms with Crippen molar-refractivity contribution < 1.29 is 23.5 Å². The van der Waals surface area contributed by atoms with Gasteiger partial charge in [0.1, 0.15) is 5.82 Å². The van der Waals surface area contributed by atoms with E-state index in [0.717, 1.165) is 5.56 Å². The number of hydrogen-bond donors (Lipinski definition) is 2. The van der Waals surface area contributed by atoms with E-state index >= 15 is 0 Å². The van der Waals surface area contributed by atoms with Gasteiger partial charge in [0.25, 0.3) is 0 Å². The molecule has 28 heavy (non-hydrogen) atoms. The van der Waals surface area contributed by atoms with E-state index in [1.807, 2.05) is 30.3 Å². The smallest absolute Gasteiger partial charge is 0.407 e. The van der Waals surface area contributed by atoms with Crippen LogP contribution in [-0.4, -0.2) is 26.3 Å². The number of amides is 1. The average Bonchev–Trinajstić information content (AvgIpc) is 2.72. The number of ether oxygens (including phenoxy) is 2. The number of esters is 1. The van der Waals surface area contributed by atoms with Gasteiger partial charge in [0.05, 0.1) is 25.8 Å². The molecule has 2 N–H and O–H groups in total. The molecule has 0 unspecified atom stereocenters. The number of alkyl carbamates (subject to hydrolysis) is 1. The van der Waals surface area contributed by atoms with Gasteiger partial charge >= 0.3 is 12.1 Å². The summed E-state index contributed by atoms with van der Waals surface area (Å²) in [5.41, 5.74) is 2.02. The fourth-order valence-corrected chi connectivity index (χ4v) is 2.71. The first-order chi connectivity index (χ1) is 13.5. The van der Waals surface area contributed by atoms with E-state index < -0.39 is 23.9 Å². The lowest BCUT2D eigenvalue weighted by Gasteiger charge is -2.23. The van der Waals surface area contributed by atoms with Crippen molar-refractivity contribution in [3.05, 3.63) is 82.8 Å².